The maximum Gasteiger partial charge on any atom is 0.0726 e. The van der Waals surface area contributed by atoms with E-state index in [0.29, 0.717) is 0 Å². The van der Waals surface area contributed by atoms with Gasteiger partial charge in [-0.05, 0) is 30.7 Å². The van der Waals surface area contributed by atoms with Gasteiger partial charge in [-0.2, -0.15) is 0 Å². The second-order valence-electron chi connectivity index (χ2n) is 3.12. The van der Waals surface area contributed by atoms with Gasteiger partial charge in [-0.25, -0.2) is 0 Å². The molecule has 0 atom stereocenters. The summed E-state index contributed by atoms with van der Waals surface area (Å²) in [7, 11) is 0. The zero-order valence-electron chi connectivity index (χ0n) is 8.12. The van der Waals surface area contributed by atoms with Crippen molar-refractivity contribution in [3.8, 4) is 0 Å². The van der Waals surface area contributed by atoms with Gasteiger partial charge >= 0.3 is 0 Å². The Morgan fingerprint density at radius 3 is 2.80 bits per heavy atom. The van der Waals surface area contributed by atoms with Gasteiger partial charge in [-0.3, -0.25) is 10.8 Å². The summed E-state index contributed by atoms with van der Waals surface area (Å²) in [6.45, 7) is 2.04. The lowest BCUT2D eigenvalue weighted by Crippen LogP contribution is -2.07. The molecule has 2 rings (SSSR count). The molecule has 0 aliphatic carbocycles. The van der Waals surface area contributed by atoms with Crippen molar-refractivity contribution in [1.82, 2.24) is 4.98 Å². The van der Waals surface area contributed by atoms with Crippen LogP contribution in [0.15, 0.2) is 28.9 Å². The van der Waals surface area contributed by atoms with Crippen molar-refractivity contribution in [1.29, 1.82) is 0 Å². The summed E-state index contributed by atoms with van der Waals surface area (Å²) in [6, 6.07) is 5.90. The van der Waals surface area contributed by atoms with Crippen LogP contribution in [0.3, 0.4) is 0 Å². The normalized spacial score (nSPS) is 9.80. The molecule has 0 aliphatic rings. The Kier molecular flexibility index (Phi) is 3.90. The van der Waals surface area contributed by atoms with Crippen LogP contribution < -0.4 is 11.3 Å². The van der Waals surface area contributed by atoms with Crippen LogP contribution in [0.5, 0.6) is 0 Å². The first-order valence-electron chi connectivity index (χ1n) is 4.24. The highest BCUT2D eigenvalue weighted by atomic mass is 79.9. The Morgan fingerprint density at radius 1 is 1.40 bits per heavy atom. The number of pyridine rings is 1. The summed E-state index contributed by atoms with van der Waals surface area (Å²) in [4.78, 5) is 4.28. The van der Waals surface area contributed by atoms with E-state index in [2.05, 4.69) is 26.3 Å². The zero-order valence-corrected chi connectivity index (χ0v) is 10.5. The smallest absolute Gasteiger partial charge is 0.0726 e. The lowest BCUT2D eigenvalue weighted by atomic mass is 10.1. The van der Waals surface area contributed by atoms with Crippen molar-refractivity contribution in [3.05, 3.63) is 34.4 Å². The zero-order chi connectivity index (χ0) is 10.1. The minimum absolute atomic E-state index is 0. The van der Waals surface area contributed by atoms with Crippen LogP contribution in [0.25, 0.3) is 10.9 Å². The largest absolute Gasteiger partial charge is 0.323 e. The second-order valence-corrected chi connectivity index (χ2v) is 3.98. The minimum Gasteiger partial charge on any atom is -0.323 e. The van der Waals surface area contributed by atoms with Crippen LogP contribution in [0.1, 0.15) is 5.56 Å². The van der Waals surface area contributed by atoms with Gasteiger partial charge in [0.2, 0.25) is 0 Å². The van der Waals surface area contributed by atoms with Crippen molar-refractivity contribution in [2.45, 2.75) is 6.92 Å². The fraction of sp³-hybridized carbons (Fsp3) is 0.100. The maximum absolute atomic E-state index is 5.41. The van der Waals surface area contributed by atoms with Gasteiger partial charge in [0, 0.05) is 16.1 Å². The van der Waals surface area contributed by atoms with Crippen molar-refractivity contribution < 1.29 is 0 Å². The van der Waals surface area contributed by atoms with Gasteiger partial charge < -0.3 is 5.43 Å². The van der Waals surface area contributed by atoms with Crippen LogP contribution in [-0.2, 0) is 0 Å². The third-order valence-electron chi connectivity index (χ3n) is 2.18. The number of nitrogen functional groups attached to an aromatic ring is 1. The SMILES string of the molecule is Cc1cc2nccc(NN)c2cc1Br.Cl. The van der Waals surface area contributed by atoms with E-state index in [1.54, 1.807) is 6.20 Å². The molecule has 1 heterocycles. The highest BCUT2D eigenvalue weighted by Crippen LogP contribution is 2.27. The monoisotopic (exact) mass is 287 g/mol. The summed E-state index contributed by atoms with van der Waals surface area (Å²) >= 11 is 3.48. The summed E-state index contributed by atoms with van der Waals surface area (Å²) < 4.78 is 1.06. The summed E-state index contributed by atoms with van der Waals surface area (Å²) in [5, 5.41) is 1.02. The number of anilines is 1. The van der Waals surface area contributed by atoms with E-state index in [9.17, 15) is 0 Å². The van der Waals surface area contributed by atoms with E-state index in [0.717, 1.165) is 21.1 Å². The number of aryl methyl sites for hydroxylation is 1. The molecule has 2 aromatic rings. The Balaban J connectivity index is 0.00000112. The molecule has 80 valence electrons. The second kappa shape index (κ2) is 4.79. The molecule has 0 amide bonds. The number of nitrogens with one attached hydrogen (secondary N) is 1. The molecule has 1 aromatic carbocycles. The van der Waals surface area contributed by atoms with Gasteiger partial charge in [0.15, 0.2) is 0 Å². The van der Waals surface area contributed by atoms with Crippen LogP contribution in [0, 0.1) is 6.92 Å². The minimum atomic E-state index is 0. The molecule has 0 saturated heterocycles. The molecular weight excluding hydrogens is 277 g/mol. The number of benzene rings is 1. The number of halogens is 2. The molecule has 5 heteroatoms. The van der Waals surface area contributed by atoms with Crippen molar-refractivity contribution in [3.63, 3.8) is 0 Å². The average Bonchev–Trinajstić information content (AvgIpc) is 2.19. The van der Waals surface area contributed by atoms with Crippen LogP contribution >= 0.6 is 28.3 Å². The lowest BCUT2D eigenvalue weighted by molar-refractivity contribution is 1.32. The first kappa shape index (κ1) is 12.2. The number of aromatic nitrogens is 1. The Hall–Kier alpha value is -0.840. The van der Waals surface area contributed by atoms with E-state index in [1.807, 2.05) is 25.1 Å². The molecule has 3 N–H and O–H groups in total. The van der Waals surface area contributed by atoms with E-state index >= 15 is 0 Å². The highest BCUT2D eigenvalue weighted by Gasteiger charge is 2.03. The maximum atomic E-state index is 5.41. The van der Waals surface area contributed by atoms with Gasteiger partial charge in [0.25, 0.3) is 0 Å². The summed E-state index contributed by atoms with van der Waals surface area (Å²) in [5.74, 6) is 5.41. The molecule has 0 spiro atoms. The molecule has 0 aliphatic heterocycles. The molecule has 0 saturated carbocycles. The molecular formula is C10H11BrClN3. The summed E-state index contributed by atoms with van der Waals surface area (Å²) in [5.41, 5.74) is 5.65. The number of hydrogen-bond donors (Lipinski definition) is 2. The average molecular weight is 289 g/mol. The molecule has 1 aromatic heterocycles. The number of nitrogens with zero attached hydrogens (tertiary/aromatic N) is 1. The van der Waals surface area contributed by atoms with Gasteiger partial charge in [-0.15, -0.1) is 12.4 Å². The van der Waals surface area contributed by atoms with E-state index in [4.69, 9.17) is 5.84 Å². The molecule has 0 unspecified atom stereocenters. The molecule has 3 nitrogen and oxygen atoms in total. The Morgan fingerprint density at radius 2 is 2.13 bits per heavy atom. The number of fused-ring (bicyclic) bond motifs is 1. The van der Waals surface area contributed by atoms with Gasteiger partial charge in [0.1, 0.15) is 0 Å². The van der Waals surface area contributed by atoms with Crippen LogP contribution in [0.2, 0.25) is 0 Å². The summed E-state index contributed by atoms with van der Waals surface area (Å²) in [6.07, 6.45) is 1.74. The van der Waals surface area contributed by atoms with Gasteiger partial charge in [-0.1, -0.05) is 15.9 Å². The fourth-order valence-corrected chi connectivity index (χ4v) is 1.74. The first-order valence-corrected chi connectivity index (χ1v) is 5.03. The Labute approximate surface area is 103 Å². The fourth-order valence-electron chi connectivity index (χ4n) is 1.40. The predicted molar refractivity (Wildman–Crippen MR) is 69.2 cm³/mol. The number of hydrogen-bond acceptors (Lipinski definition) is 3. The van der Waals surface area contributed by atoms with E-state index in [-0.39, 0.29) is 12.4 Å². The van der Waals surface area contributed by atoms with Crippen molar-refractivity contribution in [2.75, 3.05) is 5.43 Å². The predicted octanol–water partition coefficient (Wildman–Crippen LogP) is 3.01. The molecule has 0 bridgehead atoms. The first-order chi connectivity index (χ1) is 6.72. The van der Waals surface area contributed by atoms with Crippen LogP contribution in [0.4, 0.5) is 5.69 Å². The Bertz CT molecular complexity index is 487. The molecule has 0 radical (unpaired) electrons. The lowest BCUT2D eigenvalue weighted by Gasteiger charge is -2.06. The van der Waals surface area contributed by atoms with Gasteiger partial charge in [0.05, 0.1) is 11.2 Å². The highest BCUT2D eigenvalue weighted by molar-refractivity contribution is 9.10. The third kappa shape index (κ3) is 2.22. The molecule has 15 heavy (non-hydrogen) atoms. The standard InChI is InChI=1S/C10H10BrN3.ClH/c1-6-4-10-7(5-8(6)11)9(14-12)2-3-13-10;/h2-5H,12H2,1H3,(H,13,14);1H. The number of rotatable bonds is 1. The van der Waals surface area contributed by atoms with Crippen molar-refractivity contribution >= 4 is 44.9 Å². The van der Waals surface area contributed by atoms with Crippen LogP contribution in [-0.4, -0.2) is 4.98 Å². The third-order valence-corrected chi connectivity index (χ3v) is 3.03. The number of hydrazine groups is 1. The topological polar surface area (TPSA) is 50.9 Å². The van der Waals surface area contributed by atoms with E-state index < -0.39 is 0 Å². The quantitative estimate of drug-likeness (QED) is 0.626. The number of nitrogens with two attached hydrogens (primary N) is 1. The van der Waals surface area contributed by atoms with E-state index in [1.165, 1.54) is 5.56 Å². The molecule has 0 fully saturated rings. The van der Waals surface area contributed by atoms with Crippen molar-refractivity contribution in [2.24, 2.45) is 5.84 Å².